The Bertz CT molecular complexity index is 388. The highest BCUT2D eigenvalue weighted by atomic mass is 16.2. The highest BCUT2D eigenvalue weighted by molar-refractivity contribution is 5.94. The van der Waals surface area contributed by atoms with Crippen LogP contribution in [0.5, 0.6) is 0 Å². The van der Waals surface area contributed by atoms with E-state index in [0.29, 0.717) is 11.7 Å². The molecule has 1 aromatic heterocycles. The summed E-state index contributed by atoms with van der Waals surface area (Å²) in [4.78, 5) is 12.1. The average molecular weight is 236 g/mol. The van der Waals surface area contributed by atoms with E-state index >= 15 is 0 Å². The van der Waals surface area contributed by atoms with Crippen molar-refractivity contribution in [3.05, 3.63) is 12.3 Å². The molecule has 1 aliphatic rings. The smallest absolute Gasteiger partial charge is 0.242 e. The Labute approximate surface area is 102 Å². The second kappa shape index (κ2) is 5.31. The van der Waals surface area contributed by atoms with Crippen molar-refractivity contribution >= 4 is 11.7 Å². The van der Waals surface area contributed by atoms with Crippen molar-refractivity contribution in [2.75, 3.05) is 11.9 Å². The molecule has 1 saturated heterocycles. The first-order chi connectivity index (χ1) is 8.20. The van der Waals surface area contributed by atoms with Crippen LogP contribution < -0.4 is 10.6 Å². The molecule has 5 heteroatoms. The Morgan fingerprint density at radius 1 is 1.71 bits per heavy atom. The van der Waals surface area contributed by atoms with E-state index in [9.17, 15) is 4.79 Å². The summed E-state index contributed by atoms with van der Waals surface area (Å²) in [6.07, 6.45) is 4.12. The summed E-state index contributed by atoms with van der Waals surface area (Å²) >= 11 is 0. The highest BCUT2D eigenvalue weighted by Gasteiger charge is 2.27. The van der Waals surface area contributed by atoms with E-state index in [0.717, 1.165) is 25.9 Å². The molecule has 0 bridgehead atoms. The summed E-state index contributed by atoms with van der Waals surface area (Å²) in [5, 5.41) is 10.4. The van der Waals surface area contributed by atoms with Crippen LogP contribution in [0.25, 0.3) is 0 Å². The predicted octanol–water partition coefficient (Wildman–Crippen LogP) is 1.23. The molecule has 5 nitrogen and oxygen atoms in total. The number of piperidine rings is 1. The van der Waals surface area contributed by atoms with Gasteiger partial charge in [-0.2, -0.15) is 5.10 Å². The summed E-state index contributed by atoms with van der Waals surface area (Å²) < 4.78 is 1.80. The summed E-state index contributed by atoms with van der Waals surface area (Å²) in [5.74, 6) is 1.05. The van der Waals surface area contributed by atoms with Crippen LogP contribution >= 0.6 is 0 Å². The lowest BCUT2D eigenvalue weighted by atomic mass is 9.92. The lowest BCUT2D eigenvalue weighted by Crippen LogP contribution is -2.48. The van der Waals surface area contributed by atoms with Crippen molar-refractivity contribution in [3.8, 4) is 0 Å². The standard InChI is InChI=1S/C12H20N4O/c1-3-16-8-6-10(15-16)14-12(17)11-9(2)5-4-7-13-11/h6,8-9,11,13H,3-5,7H2,1-2H3,(H,14,15,17). The summed E-state index contributed by atoms with van der Waals surface area (Å²) in [6, 6.07) is 1.74. The van der Waals surface area contributed by atoms with E-state index < -0.39 is 0 Å². The number of nitrogens with zero attached hydrogens (tertiary/aromatic N) is 2. The maximum atomic E-state index is 12.1. The Kier molecular flexibility index (Phi) is 3.78. The van der Waals surface area contributed by atoms with E-state index in [1.54, 1.807) is 4.68 Å². The van der Waals surface area contributed by atoms with Crippen LogP contribution in [0.2, 0.25) is 0 Å². The molecule has 0 radical (unpaired) electrons. The summed E-state index contributed by atoms with van der Waals surface area (Å²) in [6.45, 7) is 5.87. The molecule has 2 unspecified atom stereocenters. The van der Waals surface area contributed by atoms with Crippen LogP contribution in [-0.2, 0) is 11.3 Å². The normalized spacial score (nSPS) is 24.6. The number of rotatable bonds is 3. The highest BCUT2D eigenvalue weighted by Crippen LogP contribution is 2.16. The van der Waals surface area contributed by atoms with Crippen LogP contribution in [0.1, 0.15) is 26.7 Å². The SMILES string of the molecule is CCn1ccc(NC(=O)C2NCCCC2C)n1. The number of carbonyl (C=O) groups excluding carboxylic acids is 1. The Balaban J connectivity index is 1.95. The molecule has 1 aromatic rings. The van der Waals surface area contributed by atoms with Crippen LogP contribution in [0.3, 0.4) is 0 Å². The number of nitrogens with one attached hydrogen (secondary N) is 2. The molecule has 2 rings (SSSR count). The van der Waals surface area contributed by atoms with Gasteiger partial charge in [0.05, 0.1) is 6.04 Å². The molecule has 0 spiro atoms. The molecule has 1 fully saturated rings. The van der Waals surface area contributed by atoms with Gasteiger partial charge in [0, 0.05) is 18.8 Å². The van der Waals surface area contributed by atoms with Crippen molar-refractivity contribution in [3.63, 3.8) is 0 Å². The van der Waals surface area contributed by atoms with Gasteiger partial charge >= 0.3 is 0 Å². The van der Waals surface area contributed by atoms with Gasteiger partial charge in [-0.15, -0.1) is 0 Å². The van der Waals surface area contributed by atoms with Crippen molar-refractivity contribution in [1.82, 2.24) is 15.1 Å². The number of hydrogen-bond donors (Lipinski definition) is 2. The Morgan fingerprint density at radius 2 is 2.53 bits per heavy atom. The maximum absolute atomic E-state index is 12.1. The summed E-state index contributed by atoms with van der Waals surface area (Å²) in [7, 11) is 0. The zero-order valence-corrected chi connectivity index (χ0v) is 10.4. The number of aryl methyl sites for hydroxylation is 1. The number of hydrogen-bond acceptors (Lipinski definition) is 3. The fraction of sp³-hybridized carbons (Fsp3) is 0.667. The van der Waals surface area contributed by atoms with E-state index in [1.165, 1.54) is 0 Å². The van der Waals surface area contributed by atoms with Gasteiger partial charge in [0.15, 0.2) is 5.82 Å². The predicted molar refractivity (Wildman–Crippen MR) is 66.7 cm³/mol. The topological polar surface area (TPSA) is 59.0 Å². The van der Waals surface area contributed by atoms with Crippen molar-refractivity contribution < 1.29 is 4.79 Å². The third-order valence-corrected chi connectivity index (χ3v) is 3.27. The summed E-state index contributed by atoms with van der Waals surface area (Å²) in [5.41, 5.74) is 0. The first-order valence-electron chi connectivity index (χ1n) is 6.28. The molecular formula is C12H20N4O. The second-order valence-corrected chi connectivity index (χ2v) is 4.60. The van der Waals surface area contributed by atoms with Crippen molar-refractivity contribution in [2.24, 2.45) is 5.92 Å². The fourth-order valence-corrected chi connectivity index (χ4v) is 2.21. The average Bonchev–Trinajstić information content (AvgIpc) is 2.77. The van der Waals surface area contributed by atoms with Gasteiger partial charge in [0.25, 0.3) is 0 Å². The van der Waals surface area contributed by atoms with Crippen molar-refractivity contribution in [2.45, 2.75) is 39.3 Å². The van der Waals surface area contributed by atoms with Gasteiger partial charge in [-0.1, -0.05) is 6.92 Å². The molecule has 1 aliphatic heterocycles. The minimum Gasteiger partial charge on any atom is -0.308 e. The molecule has 1 amide bonds. The molecule has 94 valence electrons. The fourth-order valence-electron chi connectivity index (χ4n) is 2.21. The minimum absolute atomic E-state index is 0.0264. The van der Waals surface area contributed by atoms with E-state index in [-0.39, 0.29) is 11.9 Å². The first-order valence-corrected chi connectivity index (χ1v) is 6.28. The largest absolute Gasteiger partial charge is 0.308 e. The molecule has 0 saturated carbocycles. The molecule has 0 aromatic carbocycles. The number of carbonyl (C=O) groups is 1. The molecule has 2 atom stereocenters. The quantitative estimate of drug-likeness (QED) is 0.830. The Morgan fingerprint density at radius 3 is 3.18 bits per heavy atom. The Hall–Kier alpha value is -1.36. The second-order valence-electron chi connectivity index (χ2n) is 4.60. The molecule has 17 heavy (non-hydrogen) atoms. The lowest BCUT2D eigenvalue weighted by Gasteiger charge is -2.28. The maximum Gasteiger partial charge on any atom is 0.242 e. The van der Waals surface area contributed by atoms with Crippen LogP contribution in [-0.4, -0.2) is 28.3 Å². The van der Waals surface area contributed by atoms with Crippen molar-refractivity contribution in [1.29, 1.82) is 0 Å². The van der Waals surface area contributed by atoms with E-state index in [4.69, 9.17) is 0 Å². The molecular weight excluding hydrogens is 216 g/mol. The third-order valence-electron chi connectivity index (χ3n) is 3.27. The number of anilines is 1. The van der Waals surface area contributed by atoms with Gasteiger partial charge in [-0.05, 0) is 32.2 Å². The van der Waals surface area contributed by atoms with E-state index in [2.05, 4.69) is 22.7 Å². The molecule has 0 aliphatic carbocycles. The number of aromatic nitrogens is 2. The van der Waals surface area contributed by atoms with Crippen LogP contribution in [0.4, 0.5) is 5.82 Å². The van der Waals surface area contributed by atoms with Gasteiger partial charge in [0.2, 0.25) is 5.91 Å². The molecule has 2 N–H and O–H groups in total. The monoisotopic (exact) mass is 236 g/mol. The first kappa shape index (κ1) is 12.1. The van der Waals surface area contributed by atoms with Gasteiger partial charge in [-0.3, -0.25) is 9.48 Å². The molecule has 2 heterocycles. The lowest BCUT2D eigenvalue weighted by molar-refractivity contribution is -0.119. The third kappa shape index (κ3) is 2.85. The van der Waals surface area contributed by atoms with E-state index in [1.807, 2.05) is 19.2 Å². The van der Waals surface area contributed by atoms with Gasteiger partial charge in [0.1, 0.15) is 0 Å². The zero-order valence-electron chi connectivity index (χ0n) is 10.4. The van der Waals surface area contributed by atoms with Crippen LogP contribution in [0.15, 0.2) is 12.3 Å². The number of amides is 1. The van der Waals surface area contributed by atoms with Gasteiger partial charge in [-0.25, -0.2) is 0 Å². The van der Waals surface area contributed by atoms with Gasteiger partial charge < -0.3 is 10.6 Å². The zero-order chi connectivity index (χ0) is 12.3. The minimum atomic E-state index is -0.0875. The van der Waals surface area contributed by atoms with Crippen LogP contribution in [0, 0.1) is 5.92 Å².